The van der Waals surface area contributed by atoms with Gasteiger partial charge in [0.25, 0.3) is 0 Å². The van der Waals surface area contributed by atoms with Crippen molar-refractivity contribution in [2.75, 3.05) is 13.8 Å². The molecule has 0 aliphatic heterocycles. The predicted octanol–water partition coefficient (Wildman–Crippen LogP) is 5.54. The second-order valence-corrected chi connectivity index (χ2v) is 10.9. The van der Waals surface area contributed by atoms with Gasteiger partial charge in [0.1, 0.15) is 0 Å². The maximum atomic E-state index is 12.7. The molecule has 2 saturated carbocycles. The second kappa shape index (κ2) is 10.2. The molecule has 5 nitrogen and oxygen atoms in total. The Hall–Kier alpha value is -2.89. The van der Waals surface area contributed by atoms with Crippen LogP contribution in [0, 0.1) is 17.3 Å². The summed E-state index contributed by atoms with van der Waals surface area (Å²) >= 11 is 0. The van der Waals surface area contributed by atoms with Gasteiger partial charge >= 0.3 is 5.97 Å². The fourth-order valence-corrected chi connectivity index (χ4v) is 7.33. The van der Waals surface area contributed by atoms with E-state index in [4.69, 9.17) is 9.47 Å². The number of hydrogen-bond donors (Lipinski definition) is 1. The average molecular weight is 494 g/mol. The molecule has 3 unspecified atom stereocenters. The fraction of sp³-hybridized carbons (Fsp3) is 0.533. The van der Waals surface area contributed by atoms with Crippen LogP contribution in [0.5, 0.6) is 11.5 Å². The summed E-state index contributed by atoms with van der Waals surface area (Å²) in [6.07, 6.45) is 6.35. The van der Waals surface area contributed by atoms with Crippen LogP contribution in [-0.4, -0.2) is 31.7 Å². The molecule has 5 atom stereocenters. The number of carbonyl (C=O) groups is 2. The summed E-state index contributed by atoms with van der Waals surface area (Å²) in [5.74, 6) is 2.16. The molecule has 0 bridgehead atoms. The lowest BCUT2D eigenvalue weighted by molar-refractivity contribution is -0.133. The Balaban J connectivity index is 1.33. The first-order valence-electron chi connectivity index (χ1n) is 13.2. The number of amides is 1. The highest BCUT2D eigenvalue weighted by atomic mass is 19.1. The molecule has 2 aromatic carbocycles. The van der Waals surface area contributed by atoms with Crippen molar-refractivity contribution in [2.45, 2.75) is 70.3 Å². The fourth-order valence-electron chi connectivity index (χ4n) is 7.33. The number of fused-ring (bicyclic) bond motifs is 5. The van der Waals surface area contributed by atoms with Crippen LogP contribution >= 0.6 is 0 Å². The van der Waals surface area contributed by atoms with Crippen molar-refractivity contribution in [3.05, 3.63) is 59.2 Å². The summed E-state index contributed by atoms with van der Waals surface area (Å²) in [6.45, 7) is 1.72. The van der Waals surface area contributed by atoms with Crippen molar-refractivity contribution in [1.29, 1.82) is 0 Å². The number of hydrogen-bond acceptors (Lipinski definition) is 4. The van der Waals surface area contributed by atoms with Crippen LogP contribution in [0.3, 0.4) is 0 Å². The van der Waals surface area contributed by atoms with E-state index in [9.17, 15) is 14.0 Å². The topological polar surface area (TPSA) is 64.6 Å². The summed E-state index contributed by atoms with van der Waals surface area (Å²) < 4.78 is 24.1. The Morgan fingerprint density at radius 1 is 1.08 bits per heavy atom. The standard InChI is InChI=1S/C30H36FNO4/c1-30-14-12-21-22(24(30)10-11-27(30)32-28(33)13-15-31)9-8-20-17-26(25(35-2)18-23(20)21)36-29(34)16-19-6-4-3-5-7-19/h3-7,17-18,21-22,24,27H,8-16H2,1-2H3,(H,32,33)/t21?,22?,24?,27-,30-/m0/s1. The molecule has 0 aromatic heterocycles. The van der Waals surface area contributed by atoms with Gasteiger partial charge < -0.3 is 14.8 Å². The molecule has 192 valence electrons. The molecule has 3 aliphatic rings. The largest absolute Gasteiger partial charge is 0.493 e. The summed E-state index contributed by atoms with van der Waals surface area (Å²) in [4.78, 5) is 24.8. The number of esters is 1. The first-order chi connectivity index (χ1) is 17.4. The molecular formula is C30H36FNO4. The van der Waals surface area contributed by atoms with E-state index in [1.54, 1.807) is 7.11 Å². The quantitative estimate of drug-likeness (QED) is 0.406. The number of carbonyl (C=O) groups excluding carboxylic acids is 2. The van der Waals surface area contributed by atoms with Crippen molar-refractivity contribution >= 4 is 11.9 Å². The number of halogens is 1. The smallest absolute Gasteiger partial charge is 0.315 e. The van der Waals surface area contributed by atoms with E-state index >= 15 is 0 Å². The third-order valence-corrected chi connectivity index (χ3v) is 9.08. The lowest BCUT2D eigenvalue weighted by Gasteiger charge is -2.51. The normalized spacial score (nSPS) is 28.4. The van der Waals surface area contributed by atoms with Crippen molar-refractivity contribution in [2.24, 2.45) is 17.3 Å². The Morgan fingerprint density at radius 3 is 2.64 bits per heavy atom. The van der Waals surface area contributed by atoms with Crippen LogP contribution in [0.1, 0.15) is 68.1 Å². The van der Waals surface area contributed by atoms with Crippen LogP contribution in [0.25, 0.3) is 0 Å². The lowest BCUT2D eigenvalue weighted by Crippen LogP contribution is -2.50. The maximum absolute atomic E-state index is 12.7. The van der Waals surface area contributed by atoms with Gasteiger partial charge in [-0.25, -0.2) is 0 Å². The van der Waals surface area contributed by atoms with Crippen LogP contribution < -0.4 is 14.8 Å². The van der Waals surface area contributed by atoms with E-state index in [1.165, 1.54) is 11.1 Å². The first-order valence-corrected chi connectivity index (χ1v) is 13.2. The van der Waals surface area contributed by atoms with Gasteiger partial charge in [0.05, 0.1) is 26.6 Å². The van der Waals surface area contributed by atoms with Gasteiger partial charge in [0, 0.05) is 6.04 Å². The van der Waals surface area contributed by atoms with Crippen molar-refractivity contribution in [3.8, 4) is 11.5 Å². The Kier molecular flexibility index (Phi) is 7.05. The molecular weight excluding hydrogens is 457 g/mol. The van der Waals surface area contributed by atoms with E-state index in [0.717, 1.165) is 44.1 Å². The predicted molar refractivity (Wildman–Crippen MR) is 136 cm³/mol. The molecule has 0 spiro atoms. The van der Waals surface area contributed by atoms with Gasteiger partial charge in [0.2, 0.25) is 5.91 Å². The van der Waals surface area contributed by atoms with Gasteiger partial charge in [-0.3, -0.25) is 14.0 Å². The maximum Gasteiger partial charge on any atom is 0.315 e. The van der Waals surface area contributed by atoms with Crippen LogP contribution in [-0.2, 0) is 22.4 Å². The lowest BCUT2D eigenvalue weighted by atomic mass is 9.55. The van der Waals surface area contributed by atoms with E-state index < -0.39 is 6.67 Å². The minimum absolute atomic E-state index is 0.0469. The molecule has 6 heteroatoms. The average Bonchev–Trinajstić information content (AvgIpc) is 3.20. The molecule has 1 N–H and O–H groups in total. The van der Waals surface area contributed by atoms with E-state index in [1.807, 2.05) is 36.4 Å². The molecule has 3 aliphatic carbocycles. The van der Waals surface area contributed by atoms with Gasteiger partial charge in [0.15, 0.2) is 11.5 Å². The summed E-state index contributed by atoms with van der Waals surface area (Å²) in [7, 11) is 1.62. The molecule has 0 heterocycles. The van der Waals surface area contributed by atoms with Crippen LogP contribution in [0.15, 0.2) is 42.5 Å². The summed E-state index contributed by atoms with van der Waals surface area (Å²) in [6, 6.07) is 13.8. The monoisotopic (exact) mass is 493 g/mol. The molecule has 0 radical (unpaired) electrons. The van der Waals surface area contributed by atoms with E-state index in [2.05, 4.69) is 18.3 Å². The highest BCUT2D eigenvalue weighted by Gasteiger charge is 2.55. The van der Waals surface area contributed by atoms with Crippen molar-refractivity contribution in [1.82, 2.24) is 5.32 Å². The number of alkyl halides is 1. The Labute approximate surface area is 212 Å². The minimum Gasteiger partial charge on any atom is -0.493 e. The summed E-state index contributed by atoms with van der Waals surface area (Å²) in [5, 5.41) is 3.15. The third-order valence-electron chi connectivity index (χ3n) is 9.08. The van der Waals surface area contributed by atoms with Crippen molar-refractivity contribution < 1.29 is 23.5 Å². The molecule has 2 aromatic rings. The Morgan fingerprint density at radius 2 is 1.89 bits per heavy atom. The van der Waals surface area contributed by atoms with Crippen LogP contribution in [0.4, 0.5) is 4.39 Å². The zero-order chi connectivity index (χ0) is 25.3. The zero-order valence-corrected chi connectivity index (χ0v) is 21.2. The van der Waals surface area contributed by atoms with Gasteiger partial charge in [-0.05, 0) is 90.5 Å². The van der Waals surface area contributed by atoms with E-state index in [-0.39, 0.29) is 36.2 Å². The molecule has 5 rings (SSSR count). The van der Waals surface area contributed by atoms with Crippen LogP contribution in [0.2, 0.25) is 0 Å². The SMILES string of the molecule is COc1cc2c(cc1OC(=O)Cc1ccccc1)CCC1C2CC[C@@]2(C)C1CC[C@@H]2NC(=O)CCF. The summed E-state index contributed by atoms with van der Waals surface area (Å²) in [5.41, 5.74) is 3.54. The highest BCUT2D eigenvalue weighted by molar-refractivity contribution is 5.77. The van der Waals surface area contributed by atoms with Gasteiger partial charge in [-0.1, -0.05) is 37.3 Å². The number of methoxy groups -OCH3 is 1. The number of rotatable bonds is 7. The minimum atomic E-state index is -0.606. The number of aryl methyl sites for hydroxylation is 1. The molecule has 0 saturated heterocycles. The first kappa shape index (κ1) is 24.8. The van der Waals surface area contributed by atoms with Gasteiger partial charge in [-0.15, -0.1) is 0 Å². The second-order valence-electron chi connectivity index (χ2n) is 10.9. The highest BCUT2D eigenvalue weighted by Crippen LogP contribution is 2.61. The zero-order valence-electron chi connectivity index (χ0n) is 21.2. The van der Waals surface area contributed by atoms with Crippen molar-refractivity contribution in [3.63, 3.8) is 0 Å². The number of benzene rings is 2. The Bertz CT molecular complexity index is 1120. The van der Waals surface area contributed by atoms with Gasteiger partial charge in [-0.2, -0.15) is 0 Å². The third kappa shape index (κ3) is 4.62. The molecule has 36 heavy (non-hydrogen) atoms. The molecule has 1 amide bonds. The molecule has 2 fully saturated rings. The number of nitrogens with one attached hydrogen (secondary N) is 1. The van der Waals surface area contributed by atoms with E-state index in [0.29, 0.717) is 29.3 Å². The number of ether oxygens (including phenoxy) is 2.